The zero-order chi connectivity index (χ0) is 32.7. The third-order valence-electron chi connectivity index (χ3n) is 8.72. The van der Waals surface area contributed by atoms with E-state index in [0.29, 0.717) is 57.3 Å². The summed E-state index contributed by atoms with van der Waals surface area (Å²) in [5.41, 5.74) is 7.59. The van der Waals surface area contributed by atoms with Crippen LogP contribution in [0.3, 0.4) is 0 Å². The van der Waals surface area contributed by atoms with Gasteiger partial charge in [0.15, 0.2) is 0 Å². The molecule has 0 atom stereocenters. The topological polar surface area (TPSA) is 113 Å². The average Bonchev–Trinajstić information content (AvgIpc) is 3.72. The molecule has 2 aliphatic rings. The van der Waals surface area contributed by atoms with Gasteiger partial charge in [0, 0.05) is 47.0 Å². The predicted octanol–water partition coefficient (Wildman–Crippen LogP) is 6.19. The first-order chi connectivity index (χ1) is 22.1. The van der Waals surface area contributed by atoms with Crippen LogP contribution in [0.2, 0.25) is 0 Å². The SMILES string of the molecule is CCN(CC)CCNC(=O)c1c(C)[nH]c(/C=C2\C(=O)N(c3cc(C)[nH]c3/C=C3\C(=O)Nc4ccccc43)c3ccc(F)cc32)c1C. The minimum Gasteiger partial charge on any atom is -0.358 e. The molecule has 2 aromatic carbocycles. The zero-order valence-corrected chi connectivity index (χ0v) is 26.6. The molecule has 0 bridgehead atoms. The monoisotopic (exact) mass is 620 g/mol. The minimum atomic E-state index is -0.473. The van der Waals surface area contributed by atoms with Crippen molar-refractivity contribution in [2.75, 3.05) is 36.4 Å². The van der Waals surface area contributed by atoms with Gasteiger partial charge in [0.05, 0.1) is 33.8 Å². The fourth-order valence-corrected chi connectivity index (χ4v) is 6.32. The molecule has 6 rings (SSSR count). The predicted molar refractivity (Wildman–Crippen MR) is 180 cm³/mol. The Bertz CT molecular complexity index is 1940. The molecule has 46 heavy (non-hydrogen) atoms. The van der Waals surface area contributed by atoms with Gasteiger partial charge in [-0.3, -0.25) is 19.3 Å². The van der Waals surface area contributed by atoms with Crippen molar-refractivity contribution in [2.24, 2.45) is 0 Å². The lowest BCUT2D eigenvalue weighted by atomic mass is 10.0. The number of hydrogen-bond acceptors (Lipinski definition) is 4. The van der Waals surface area contributed by atoms with Crippen molar-refractivity contribution in [1.29, 1.82) is 0 Å². The summed E-state index contributed by atoms with van der Waals surface area (Å²) in [5, 5.41) is 5.89. The standard InChI is InChI=1S/C36H37FN6O3/c1-6-42(7-2)15-14-38-35(45)33-21(4)29(40-22(33)5)19-27-25-17-23(37)12-13-31(25)43(36(27)46)32-16-20(3)39-30(32)18-26-24-10-8-9-11-28(24)41-34(26)44/h8-13,16-19,39-40H,6-7,14-15H2,1-5H3,(H,38,45)(H,41,44)/b26-18-,27-19-. The lowest BCUT2D eigenvalue weighted by molar-refractivity contribution is -0.112. The second-order valence-electron chi connectivity index (χ2n) is 11.6. The average molecular weight is 621 g/mol. The largest absolute Gasteiger partial charge is 0.358 e. The van der Waals surface area contributed by atoms with Crippen molar-refractivity contribution >= 4 is 58.1 Å². The Morgan fingerprint density at radius 3 is 2.41 bits per heavy atom. The highest BCUT2D eigenvalue weighted by Crippen LogP contribution is 2.45. The van der Waals surface area contributed by atoms with E-state index in [1.807, 2.05) is 51.1 Å². The van der Waals surface area contributed by atoms with E-state index in [2.05, 4.69) is 39.3 Å². The highest BCUT2D eigenvalue weighted by molar-refractivity contribution is 6.39. The third-order valence-corrected chi connectivity index (χ3v) is 8.72. The molecule has 0 saturated heterocycles. The maximum absolute atomic E-state index is 14.7. The van der Waals surface area contributed by atoms with E-state index in [1.54, 1.807) is 23.1 Å². The molecule has 0 unspecified atom stereocenters. The molecule has 9 nitrogen and oxygen atoms in total. The summed E-state index contributed by atoms with van der Waals surface area (Å²) in [5.74, 6) is -1.25. The maximum atomic E-state index is 14.7. The molecule has 0 radical (unpaired) electrons. The summed E-state index contributed by atoms with van der Waals surface area (Å²) in [6.45, 7) is 12.8. The van der Waals surface area contributed by atoms with Crippen molar-refractivity contribution in [1.82, 2.24) is 20.2 Å². The number of carbonyl (C=O) groups is 3. The Morgan fingerprint density at radius 2 is 1.65 bits per heavy atom. The van der Waals surface area contributed by atoms with E-state index in [-0.39, 0.29) is 23.3 Å². The summed E-state index contributed by atoms with van der Waals surface area (Å²) in [7, 11) is 0. The molecule has 0 spiro atoms. The Hall–Kier alpha value is -5.22. The number of aromatic nitrogens is 2. The van der Waals surface area contributed by atoms with E-state index in [1.165, 1.54) is 12.1 Å². The Labute approximate surface area is 267 Å². The van der Waals surface area contributed by atoms with Gasteiger partial charge in [-0.1, -0.05) is 32.0 Å². The van der Waals surface area contributed by atoms with Gasteiger partial charge in [0.2, 0.25) is 0 Å². The first-order valence-corrected chi connectivity index (χ1v) is 15.5. The van der Waals surface area contributed by atoms with Gasteiger partial charge in [-0.15, -0.1) is 0 Å². The number of halogens is 1. The molecule has 4 aromatic rings. The quantitative estimate of drug-likeness (QED) is 0.167. The van der Waals surface area contributed by atoms with Crippen molar-refractivity contribution in [3.05, 3.63) is 99.4 Å². The second-order valence-corrected chi connectivity index (χ2v) is 11.6. The molecule has 4 heterocycles. The van der Waals surface area contributed by atoms with Gasteiger partial charge in [-0.05, 0) is 81.9 Å². The number of nitrogens with zero attached hydrogens (tertiary/aromatic N) is 2. The number of aromatic amines is 2. The second kappa shape index (κ2) is 12.3. The minimum absolute atomic E-state index is 0.188. The van der Waals surface area contributed by atoms with E-state index >= 15 is 0 Å². The smallest absolute Gasteiger partial charge is 0.263 e. The molecular weight excluding hydrogens is 583 g/mol. The number of para-hydroxylation sites is 1. The number of nitrogens with one attached hydrogen (secondary N) is 4. The molecule has 0 aliphatic carbocycles. The molecule has 2 aliphatic heterocycles. The van der Waals surface area contributed by atoms with Crippen LogP contribution in [0.1, 0.15) is 63.7 Å². The Kier molecular flexibility index (Phi) is 8.22. The number of benzene rings is 2. The highest BCUT2D eigenvalue weighted by atomic mass is 19.1. The number of aryl methyl sites for hydroxylation is 2. The molecule has 2 aromatic heterocycles. The van der Waals surface area contributed by atoms with Crippen LogP contribution in [0.25, 0.3) is 23.3 Å². The zero-order valence-electron chi connectivity index (χ0n) is 26.6. The van der Waals surface area contributed by atoms with Crippen LogP contribution < -0.4 is 15.5 Å². The fourth-order valence-electron chi connectivity index (χ4n) is 6.32. The van der Waals surface area contributed by atoms with Gasteiger partial charge in [-0.25, -0.2) is 4.39 Å². The van der Waals surface area contributed by atoms with Crippen LogP contribution in [-0.4, -0.2) is 58.8 Å². The van der Waals surface area contributed by atoms with Gasteiger partial charge in [-0.2, -0.15) is 0 Å². The number of likely N-dealkylation sites (N-methyl/N-ethyl adjacent to an activating group) is 1. The van der Waals surface area contributed by atoms with Crippen LogP contribution >= 0.6 is 0 Å². The van der Waals surface area contributed by atoms with E-state index in [0.717, 1.165) is 36.6 Å². The summed E-state index contributed by atoms with van der Waals surface area (Å²) in [4.78, 5) is 50.7. The molecule has 3 amide bonds. The van der Waals surface area contributed by atoms with Gasteiger partial charge in [0.25, 0.3) is 17.7 Å². The molecule has 0 fully saturated rings. The summed E-state index contributed by atoms with van der Waals surface area (Å²) in [6, 6.07) is 13.5. The third kappa shape index (κ3) is 5.45. The van der Waals surface area contributed by atoms with Crippen LogP contribution in [0.5, 0.6) is 0 Å². The number of hydrogen-bond donors (Lipinski definition) is 4. The van der Waals surface area contributed by atoms with Gasteiger partial charge < -0.3 is 25.5 Å². The van der Waals surface area contributed by atoms with Crippen molar-refractivity contribution in [3.8, 4) is 0 Å². The van der Waals surface area contributed by atoms with E-state index in [4.69, 9.17) is 0 Å². The summed E-state index contributed by atoms with van der Waals surface area (Å²) < 4.78 is 14.7. The molecule has 10 heteroatoms. The number of amides is 3. The van der Waals surface area contributed by atoms with E-state index < -0.39 is 5.82 Å². The number of carbonyl (C=O) groups excluding carboxylic acids is 3. The number of anilines is 3. The fraction of sp³-hybridized carbons (Fsp3) is 0.250. The lowest BCUT2D eigenvalue weighted by Crippen LogP contribution is -2.35. The Morgan fingerprint density at radius 1 is 0.913 bits per heavy atom. The van der Waals surface area contributed by atoms with Crippen LogP contribution in [0, 0.1) is 26.6 Å². The Balaban J connectivity index is 1.37. The molecule has 4 N–H and O–H groups in total. The normalized spacial score (nSPS) is 15.7. The number of rotatable bonds is 9. The van der Waals surface area contributed by atoms with Crippen molar-refractivity contribution in [2.45, 2.75) is 34.6 Å². The number of fused-ring (bicyclic) bond motifs is 2. The van der Waals surface area contributed by atoms with Crippen molar-refractivity contribution in [3.63, 3.8) is 0 Å². The van der Waals surface area contributed by atoms with Gasteiger partial charge in [0.1, 0.15) is 5.82 Å². The van der Waals surface area contributed by atoms with Crippen molar-refractivity contribution < 1.29 is 18.8 Å². The van der Waals surface area contributed by atoms with Crippen LogP contribution in [-0.2, 0) is 9.59 Å². The van der Waals surface area contributed by atoms with Gasteiger partial charge >= 0.3 is 0 Å². The molecule has 0 saturated carbocycles. The first-order valence-electron chi connectivity index (χ1n) is 15.5. The maximum Gasteiger partial charge on any atom is 0.263 e. The van der Waals surface area contributed by atoms with Crippen LogP contribution in [0.15, 0.2) is 48.5 Å². The number of H-pyrrole nitrogens is 2. The van der Waals surface area contributed by atoms with E-state index in [9.17, 15) is 18.8 Å². The van der Waals surface area contributed by atoms with Crippen LogP contribution in [0.4, 0.5) is 21.5 Å². The lowest BCUT2D eigenvalue weighted by Gasteiger charge is -2.18. The summed E-state index contributed by atoms with van der Waals surface area (Å²) >= 11 is 0. The summed E-state index contributed by atoms with van der Waals surface area (Å²) in [6.07, 6.45) is 3.43. The molecular formula is C36H37FN6O3. The first kappa shape index (κ1) is 30.8. The molecule has 236 valence electrons. The highest BCUT2D eigenvalue weighted by Gasteiger charge is 2.36.